The van der Waals surface area contributed by atoms with Gasteiger partial charge in [-0.15, -0.1) is 0 Å². The Morgan fingerprint density at radius 3 is 2.09 bits per heavy atom. The number of carbonyl (C=O) groups is 1. The molecule has 0 atom stereocenters. The van der Waals surface area contributed by atoms with Crippen LogP contribution in [0.4, 0.5) is 0 Å². The molecule has 0 unspecified atom stereocenters. The Kier molecular flexibility index (Phi) is 4.37. The van der Waals surface area contributed by atoms with E-state index >= 15 is 0 Å². The lowest BCUT2D eigenvalue weighted by molar-refractivity contribution is 0.0732. The molecule has 22 heavy (non-hydrogen) atoms. The summed E-state index contributed by atoms with van der Waals surface area (Å²) in [6.45, 7) is 5.40. The summed E-state index contributed by atoms with van der Waals surface area (Å²) >= 11 is 0. The van der Waals surface area contributed by atoms with Crippen molar-refractivity contribution in [1.82, 2.24) is 0 Å². The molecule has 0 saturated heterocycles. The summed E-state index contributed by atoms with van der Waals surface area (Å²) in [4.78, 5) is 12.4. The maximum atomic E-state index is 12.3. The van der Waals surface area contributed by atoms with Crippen molar-refractivity contribution in [3.63, 3.8) is 0 Å². The molecule has 2 aromatic carbocycles. The van der Waals surface area contributed by atoms with E-state index in [2.05, 4.69) is 0 Å². The van der Waals surface area contributed by atoms with Gasteiger partial charge in [-0.25, -0.2) is 13.2 Å². The number of sulfone groups is 1. The minimum atomic E-state index is -3.39. The highest BCUT2D eigenvalue weighted by atomic mass is 32.2. The van der Waals surface area contributed by atoms with Gasteiger partial charge in [0.05, 0.1) is 10.5 Å². The first-order valence-corrected chi connectivity index (χ1v) is 8.68. The van der Waals surface area contributed by atoms with E-state index in [1.165, 1.54) is 6.07 Å². The molecule has 2 aromatic rings. The Morgan fingerprint density at radius 2 is 1.55 bits per heavy atom. The van der Waals surface area contributed by atoms with Crippen LogP contribution in [0.1, 0.15) is 27.0 Å². The zero-order chi connectivity index (χ0) is 16.5. The first-order chi connectivity index (χ1) is 10.2. The molecule has 2 rings (SSSR count). The van der Waals surface area contributed by atoms with E-state index in [1.807, 2.05) is 32.0 Å². The monoisotopic (exact) mass is 318 g/mol. The number of esters is 1. The minimum absolute atomic E-state index is 0.142. The minimum Gasteiger partial charge on any atom is -0.422 e. The molecular weight excluding hydrogens is 300 g/mol. The second-order valence-electron chi connectivity index (χ2n) is 5.36. The summed E-state index contributed by atoms with van der Waals surface area (Å²) in [6, 6.07) is 10.1. The van der Waals surface area contributed by atoms with Crippen LogP contribution < -0.4 is 4.74 Å². The van der Waals surface area contributed by atoms with Crippen molar-refractivity contribution in [3.05, 3.63) is 58.7 Å². The molecule has 0 heterocycles. The van der Waals surface area contributed by atoms with Crippen LogP contribution in [0.2, 0.25) is 0 Å². The second kappa shape index (κ2) is 5.93. The van der Waals surface area contributed by atoms with E-state index in [9.17, 15) is 13.2 Å². The van der Waals surface area contributed by atoms with Gasteiger partial charge in [-0.3, -0.25) is 0 Å². The maximum Gasteiger partial charge on any atom is 0.343 e. The third-order valence-electron chi connectivity index (χ3n) is 3.43. The van der Waals surface area contributed by atoms with Gasteiger partial charge in [0, 0.05) is 6.26 Å². The molecule has 0 radical (unpaired) electrons. The molecule has 0 spiro atoms. The van der Waals surface area contributed by atoms with E-state index in [1.54, 1.807) is 19.1 Å². The number of carbonyl (C=O) groups excluding carboxylic acids is 1. The van der Waals surface area contributed by atoms with Gasteiger partial charge in [0.1, 0.15) is 5.75 Å². The third-order valence-corrected chi connectivity index (χ3v) is 4.67. The summed E-state index contributed by atoms with van der Waals surface area (Å²) in [5.41, 5.74) is 2.52. The molecule has 4 nitrogen and oxygen atoms in total. The Balaban J connectivity index is 2.39. The summed E-state index contributed by atoms with van der Waals surface area (Å²) < 4.78 is 28.9. The molecule has 116 valence electrons. The van der Waals surface area contributed by atoms with Crippen LogP contribution in [0.3, 0.4) is 0 Å². The number of ether oxygens (including phenoxy) is 1. The van der Waals surface area contributed by atoms with E-state index in [0.717, 1.165) is 17.4 Å². The predicted octanol–water partition coefficient (Wildman–Crippen LogP) is 3.23. The standard InChI is InChI=1S/C17H18O4S/c1-11-8-9-14(10-15(11)22(4,19)20)17(18)21-16-12(2)6-5-7-13(16)3/h5-10H,1-4H3. The van der Waals surface area contributed by atoms with Crippen molar-refractivity contribution in [2.45, 2.75) is 25.7 Å². The lowest BCUT2D eigenvalue weighted by Gasteiger charge is -2.11. The van der Waals surface area contributed by atoms with Crippen molar-refractivity contribution in [3.8, 4) is 5.75 Å². The van der Waals surface area contributed by atoms with Crippen LogP contribution in [0.25, 0.3) is 0 Å². The lowest BCUT2D eigenvalue weighted by Crippen LogP contribution is -2.12. The van der Waals surface area contributed by atoms with E-state index in [-0.39, 0.29) is 10.5 Å². The van der Waals surface area contributed by atoms with E-state index in [4.69, 9.17) is 4.74 Å². The molecule has 0 bridgehead atoms. The Bertz CT molecular complexity index is 815. The first-order valence-electron chi connectivity index (χ1n) is 6.79. The molecule has 0 aromatic heterocycles. The molecule has 5 heteroatoms. The average molecular weight is 318 g/mol. The van der Waals surface area contributed by atoms with Crippen LogP contribution in [0, 0.1) is 20.8 Å². The highest BCUT2D eigenvalue weighted by molar-refractivity contribution is 7.90. The van der Waals surface area contributed by atoms with Gasteiger partial charge < -0.3 is 4.74 Å². The topological polar surface area (TPSA) is 60.4 Å². The highest BCUT2D eigenvalue weighted by Crippen LogP contribution is 2.24. The number of hydrogen-bond acceptors (Lipinski definition) is 4. The third kappa shape index (κ3) is 3.36. The van der Waals surface area contributed by atoms with Gasteiger partial charge in [-0.2, -0.15) is 0 Å². The van der Waals surface area contributed by atoms with Crippen LogP contribution >= 0.6 is 0 Å². The van der Waals surface area contributed by atoms with Crippen LogP contribution in [0.5, 0.6) is 5.75 Å². The van der Waals surface area contributed by atoms with Crippen molar-refractivity contribution in [2.75, 3.05) is 6.26 Å². The second-order valence-corrected chi connectivity index (χ2v) is 7.35. The van der Waals surface area contributed by atoms with Gasteiger partial charge in [0.2, 0.25) is 0 Å². The molecule has 0 N–H and O–H groups in total. The Hall–Kier alpha value is -2.14. The van der Waals surface area contributed by atoms with Crippen LogP contribution in [0.15, 0.2) is 41.3 Å². The lowest BCUT2D eigenvalue weighted by atomic mass is 10.1. The van der Waals surface area contributed by atoms with Crippen LogP contribution in [-0.4, -0.2) is 20.6 Å². The molecule has 0 aliphatic heterocycles. The van der Waals surface area contributed by atoms with Crippen molar-refractivity contribution in [1.29, 1.82) is 0 Å². The smallest absolute Gasteiger partial charge is 0.343 e. The van der Waals surface area contributed by atoms with Crippen molar-refractivity contribution in [2.24, 2.45) is 0 Å². The number of hydrogen-bond donors (Lipinski definition) is 0. The Morgan fingerprint density at radius 1 is 0.955 bits per heavy atom. The van der Waals surface area contributed by atoms with Crippen LogP contribution in [-0.2, 0) is 9.84 Å². The summed E-state index contributed by atoms with van der Waals surface area (Å²) in [6.07, 6.45) is 1.12. The average Bonchev–Trinajstić information content (AvgIpc) is 2.42. The molecular formula is C17H18O4S. The van der Waals surface area contributed by atoms with Gasteiger partial charge in [0.25, 0.3) is 0 Å². The quantitative estimate of drug-likeness (QED) is 0.644. The SMILES string of the molecule is Cc1ccc(C(=O)Oc2c(C)cccc2C)cc1S(C)(=O)=O. The van der Waals surface area contributed by atoms with Gasteiger partial charge >= 0.3 is 5.97 Å². The number of para-hydroxylation sites is 1. The Labute approximate surface area is 130 Å². The van der Waals surface area contributed by atoms with Gasteiger partial charge in [-0.1, -0.05) is 24.3 Å². The summed E-state index contributed by atoms with van der Waals surface area (Å²) in [5, 5.41) is 0. The van der Waals surface area contributed by atoms with Crippen molar-refractivity contribution < 1.29 is 17.9 Å². The summed E-state index contributed by atoms with van der Waals surface area (Å²) in [7, 11) is -3.39. The molecule has 0 aliphatic rings. The fraction of sp³-hybridized carbons (Fsp3) is 0.235. The van der Waals surface area contributed by atoms with Gasteiger partial charge in [-0.05, 0) is 49.6 Å². The number of rotatable bonds is 3. The van der Waals surface area contributed by atoms with Crippen molar-refractivity contribution >= 4 is 15.8 Å². The molecule has 0 fully saturated rings. The molecule has 0 amide bonds. The largest absolute Gasteiger partial charge is 0.422 e. The zero-order valence-electron chi connectivity index (χ0n) is 13.0. The number of aryl methyl sites for hydroxylation is 3. The normalized spacial score (nSPS) is 11.3. The molecule has 0 saturated carbocycles. The number of benzene rings is 2. The van der Waals surface area contributed by atoms with E-state index in [0.29, 0.717) is 11.3 Å². The first kappa shape index (κ1) is 16.2. The predicted molar refractivity (Wildman–Crippen MR) is 85.2 cm³/mol. The maximum absolute atomic E-state index is 12.3. The molecule has 0 aliphatic carbocycles. The summed E-state index contributed by atoms with van der Waals surface area (Å²) in [5.74, 6) is -0.0590. The van der Waals surface area contributed by atoms with E-state index < -0.39 is 15.8 Å². The zero-order valence-corrected chi connectivity index (χ0v) is 13.8. The fourth-order valence-electron chi connectivity index (χ4n) is 2.24. The van der Waals surface area contributed by atoms with Gasteiger partial charge in [0.15, 0.2) is 9.84 Å². The highest BCUT2D eigenvalue weighted by Gasteiger charge is 2.17. The fourth-order valence-corrected chi connectivity index (χ4v) is 3.23.